The van der Waals surface area contributed by atoms with Gasteiger partial charge in [0.15, 0.2) is 0 Å². The highest BCUT2D eigenvalue weighted by Crippen LogP contribution is 2.30. The maximum absolute atomic E-state index is 11.9. The Balaban J connectivity index is 0.000000686. The van der Waals surface area contributed by atoms with Crippen molar-refractivity contribution in [1.82, 2.24) is 4.90 Å². The number of ether oxygens (including phenoxy) is 2. The first kappa shape index (κ1) is 13.9. The van der Waals surface area contributed by atoms with Crippen molar-refractivity contribution < 1.29 is 14.3 Å². The van der Waals surface area contributed by atoms with Crippen LogP contribution in [0.2, 0.25) is 0 Å². The Morgan fingerprint density at radius 3 is 2.59 bits per heavy atom. The Morgan fingerprint density at radius 1 is 1.35 bits per heavy atom. The average Bonchev–Trinajstić information content (AvgIpc) is 2.77. The molecular weight excluding hydrogens is 218 g/mol. The number of carbonyl (C=O) groups is 1. The lowest BCUT2D eigenvalue weighted by molar-refractivity contribution is 0.0208. The SMILES string of the molecule is C#C.CC(C)(C)OC(=O)N1CC[C@H]2OCC[C@H]21. The molecule has 2 atom stereocenters. The van der Waals surface area contributed by atoms with Crippen molar-refractivity contribution >= 4 is 6.09 Å². The maximum Gasteiger partial charge on any atom is 0.410 e. The van der Waals surface area contributed by atoms with E-state index in [1.54, 1.807) is 0 Å². The average molecular weight is 239 g/mol. The lowest BCUT2D eigenvalue weighted by Gasteiger charge is -2.27. The number of terminal acetylenes is 1. The Kier molecular flexibility index (Phi) is 4.41. The van der Waals surface area contributed by atoms with Gasteiger partial charge in [0.25, 0.3) is 0 Å². The molecule has 2 saturated heterocycles. The molecule has 0 bridgehead atoms. The van der Waals surface area contributed by atoms with E-state index >= 15 is 0 Å². The van der Waals surface area contributed by atoms with Crippen LogP contribution >= 0.6 is 0 Å². The molecule has 0 aliphatic carbocycles. The van der Waals surface area contributed by atoms with Crippen LogP contribution in [0.5, 0.6) is 0 Å². The predicted octanol–water partition coefficient (Wildman–Crippen LogP) is 2.03. The van der Waals surface area contributed by atoms with Gasteiger partial charge in [-0.25, -0.2) is 4.79 Å². The molecule has 0 aromatic carbocycles. The van der Waals surface area contributed by atoms with Crippen LogP contribution in [0.1, 0.15) is 33.6 Å². The summed E-state index contributed by atoms with van der Waals surface area (Å²) in [5.41, 5.74) is -0.408. The van der Waals surface area contributed by atoms with Gasteiger partial charge in [0, 0.05) is 13.2 Å². The molecule has 0 aromatic rings. The molecule has 0 radical (unpaired) electrons. The van der Waals surface area contributed by atoms with Crippen LogP contribution in [-0.4, -0.2) is 41.9 Å². The van der Waals surface area contributed by atoms with E-state index in [4.69, 9.17) is 9.47 Å². The number of nitrogens with zero attached hydrogens (tertiary/aromatic N) is 1. The Morgan fingerprint density at radius 2 is 2.00 bits per heavy atom. The van der Waals surface area contributed by atoms with E-state index in [1.165, 1.54) is 0 Å². The van der Waals surface area contributed by atoms with Crippen molar-refractivity contribution in [2.45, 2.75) is 51.4 Å². The van der Waals surface area contributed by atoms with Gasteiger partial charge in [0.1, 0.15) is 5.60 Å². The van der Waals surface area contributed by atoms with Crippen molar-refractivity contribution in [3.63, 3.8) is 0 Å². The Bertz CT molecular complexity index is 293. The molecule has 2 rings (SSSR count). The molecule has 2 fully saturated rings. The summed E-state index contributed by atoms with van der Waals surface area (Å²) in [5.74, 6) is 0. The van der Waals surface area contributed by atoms with Gasteiger partial charge in [-0.1, -0.05) is 0 Å². The van der Waals surface area contributed by atoms with Crippen molar-refractivity contribution in [2.24, 2.45) is 0 Å². The fourth-order valence-corrected chi connectivity index (χ4v) is 2.25. The molecule has 2 aliphatic rings. The standard InChI is InChI=1S/C11H19NO3.C2H2/c1-11(2,3)15-10(13)12-6-4-9-8(12)5-7-14-9;1-2/h8-9H,4-7H2,1-3H3;1-2H/t8-,9-;/m1./s1. The van der Waals surface area contributed by atoms with E-state index in [1.807, 2.05) is 25.7 Å². The summed E-state index contributed by atoms with van der Waals surface area (Å²) in [6.07, 6.45) is 9.95. The van der Waals surface area contributed by atoms with Gasteiger partial charge < -0.3 is 14.4 Å². The van der Waals surface area contributed by atoms with Crippen LogP contribution in [0.15, 0.2) is 0 Å². The molecular formula is C13H21NO3. The quantitative estimate of drug-likeness (QED) is 0.607. The van der Waals surface area contributed by atoms with Gasteiger partial charge in [-0.05, 0) is 33.6 Å². The minimum atomic E-state index is -0.408. The zero-order chi connectivity index (χ0) is 13.1. The molecule has 4 heteroatoms. The van der Waals surface area contributed by atoms with E-state index in [2.05, 4.69) is 12.8 Å². The summed E-state index contributed by atoms with van der Waals surface area (Å²) in [4.78, 5) is 13.7. The highest BCUT2D eigenvalue weighted by Gasteiger charge is 2.42. The van der Waals surface area contributed by atoms with E-state index in [0.717, 1.165) is 26.0 Å². The van der Waals surface area contributed by atoms with E-state index < -0.39 is 5.60 Å². The number of carbonyl (C=O) groups excluding carboxylic acids is 1. The molecule has 96 valence electrons. The van der Waals surface area contributed by atoms with Crippen LogP contribution in [0.25, 0.3) is 0 Å². The molecule has 17 heavy (non-hydrogen) atoms. The third-order valence-electron chi connectivity index (χ3n) is 2.86. The second kappa shape index (κ2) is 5.42. The number of amides is 1. The first-order valence-corrected chi connectivity index (χ1v) is 5.92. The van der Waals surface area contributed by atoms with Gasteiger partial charge in [-0.2, -0.15) is 0 Å². The van der Waals surface area contributed by atoms with Crippen molar-refractivity contribution in [1.29, 1.82) is 0 Å². The monoisotopic (exact) mass is 239 g/mol. The summed E-state index contributed by atoms with van der Waals surface area (Å²) in [6, 6.07) is 0.250. The first-order chi connectivity index (χ1) is 7.97. The van der Waals surface area contributed by atoms with Crippen LogP contribution in [0, 0.1) is 12.8 Å². The second-order valence-corrected chi connectivity index (χ2v) is 5.23. The number of fused-ring (bicyclic) bond motifs is 1. The predicted molar refractivity (Wildman–Crippen MR) is 65.6 cm³/mol. The molecule has 2 heterocycles. The third kappa shape index (κ3) is 3.37. The number of rotatable bonds is 0. The Hall–Kier alpha value is -1.21. The highest BCUT2D eigenvalue weighted by atomic mass is 16.6. The third-order valence-corrected chi connectivity index (χ3v) is 2.86. The molecule has 4 nitrogen and oxygen atoms in total. The van der Waals surface area contributed by atoms with Gasteiger partial charge in [-0.15, -0.1) is 12.8 Å². The van der Waals surface area contributed by atoms with Gasteiger partial charge in [-0.3, -0.25) is 0 Å². The molecule has 0 aromatic heterocycles. The zero-order valence-electron chi connectivity index (χ0n) is 10.8. The summed E-state index contributed by atoms with van der Waals surface area (Å²) in [7, 11) is 0. The van der Waals surface area contributed by atoms with Gasteiger partial charge in [0.2, 0.25) is 0 Å². The van der Waals surface area contributed by atoms with E-state index in [-0.39, 0.29) is 18.2 Å². The molecule has 0 N–H and O–H groups in total. The molecule has 2 aliphatic heterocycles. The molecule has 1 amide bonds. The van der Waals surface area contributed by atoms with Gasteiger partial charge >= 0.3 is 6.09 Å². The van der Waals surface area contributed by atoms with Crippen molar-refractivity contribution in [3.05, 3.63) is 0 Å². The van der Waals surface area contributed by atoms with Crippen molar-refractivity contribution in [3.8, 4) is 12.8 Å². The number of hydrogen-bond donors (Lipinski definition) is 0. The summed E-state index contributed by atoms with van der Waals surface area (Å²) in [5, 5.41) is 0. The van der Waals surface area contributed by atoms with Crippen molar-refractivity contribution in [2.75, 3.05) is 13.2 Å². The molecule has 0 spiro atoms. The Labute approximate surface area is 103 Å². The largest absolute Gasteiger partial charge is 0.444 e. The van der Waals surface area contributed by atoms with E-state index in [0.29, 0.717) is 0 Å². The molecule has 0 unspecified atom stereocenters. The number of likely N-dealkylation sites (tertiary alicyclic amines) is 1. The summed E-state index contributed by atoms with van der Waals surface area (Å²) in [6.45, 7) is 7.22. The zero-order valence-corrected chi connectivity index (χ0v) is 10.8. The van der Waals surface area contributed by atoms with E-state index in [9.17, 15) is 4.79 Å². The lowest BCUT2D eigenvalue weighted by atomic mass is 10.1. The first-order valence-electron chi connectivity index (χ1n) is 5.92. The van der Waals surface area contributed by atoms with Crippen LogP contribution < -0.4 is 0 Å². The van der Waals surface area contributed by atoms with Crippen LogP contribution in [0.3, 0.4) is 0 Å². The highest BCUT2D eigenvalue weighted by molar-refractivity contribution is 5.69. The fourth-order valence-electron chi connectivity index (χ4n) is 2.25. The fraction of sp³-hybridized carbons (Fsp3) is 0.769. The minimum Gasteiger partial charge on any atom is -0.444 e. The van der Waals surface area contributed by atoms with Crippen LogP contribution in [-0.2, 0) is 9.47 Å². The second-order valence-electron chi connectivity index (χ2n) is 5.23. The topological polar surface area (TPSA) is 38.8 Å². The summed E-state index contributed by atoms with van der Waals surface area (Å²) < 4.78 is 10.9. The van der Waals surface area contributed by atoms with Gasteiger partial charge in [0.05, 0.1) is 12.1 Å². The number of hydrogen-bond acceptors (Lipinski definition) is 3. The smallest absolute Gasteiger partial charge is 0.410 e. The normalized spacial score (nSPS) is 27.0. The molecule has 0 saturated carbocycles. The minimum absolute atomic E-state index is 0.194. The van der Waals surface area contributed by atoms with Crippen LogP contribution in [0.4, 0.5) is 4.79 Å². The summed E-state index contributed by atoms with van der Waals surface area (Å²) >= 11 is 0. The maximum atomic E-state index is 11.9. The lowest BCUT2D eigenvalue weighted by Crippen LogP contribution is -2.41.